The van der Waals surface area contributed by atoms with E-state index in [9.17, 15) is 9.59 Å². The van der Waals surface area contributed by atoms with Gasteiger partial charge in [-0.1, -0.05) is 12.1 Å². The van der Waals surface area contributed by atoms with Crippen molar-refractivity contribution in [3.05, 3.63) is 35.1 Å². The van der Waals surface area contributed by atoms with Gasteiger partial charge in [0, 0.05) is 24.0 Å². The summed E-state index contributed by atoms with van der Waals surface area (Å²) < 4.78 is 16.4. The molecule has 0 saturated carbocycles. The first kappa shape index (κ1) is 18.5. The normalized spacial score (nSPS) is 20.4. The van der Waals surface area contributed by atoms with Gasteiger partial charge in [0.1, 0.15) is 5.58 Å². The van der Waals surface area contributed by atoms with E-state index in [1.807, 2.05) is 39.8 Å². The van der Waals surface area contributed by atoms with Crippen molar-refractivity contribution in [3.63, 3.8) is 0 Å². The molecule has 0 aliphatic carbocycles. The van der Waals surface area contributed by atoms with Gasteiger partial charge >= 0.3 is 5.97 Å². The lowest BCUT2D eigenvalue weighted by molar-refractivity contribution is -0.156. The van der Waals surface area contributed by atoms with Crippen molar-refractivity contribution < 1.29 is 23.5 Å². The molecule has 26 heavy (non-hydrogen) atoms. The van der Waals surface area contributed by atoms with Crippen molar-refractivity contribution in [1.82, 2.24) is 4.90 Å². The van der Waals surface area contributed by atoms with Gasteiger partial charge in [-0.05, 0) is 38.8 Å². The fourth-order valence-corrected chi connectivity index (χ4v) is 3.35. The lowest BCUT2D eigenvalue weighted by Gasteiger charge is -2.35. The fourth-order valence-electron chi connectivity index (χ4n) is 3.35. The van der Waals surface area contributed by atoms with Crippen LogP contribution in [-0.2, 0) is 25.5 Å². The van der Waals surface area contributed by atoms with Crippen molar-refractivity contribution in [3.8, 4) is 0 Å². The predicted molar refractivity (Wildman–Crippen MR) is 96.9 cm³/mol. The highest BCUT2D eigenvalue weighted by Gasteiger charge is 2.26. The number of hydrogen-bond acceptors (Lipinski definition) is 5. The van der Waals surface area contributed by atoms with Gasteiger partial charge in [-0.2, -0.15) is 0 Å². The minimum absolute atomic E-state index is 0.0117. The second-order valence-corrected chi connectivity index (χ2v) is 7.04. The van der Waals surface area contributed by atoms with Crippen LogP contribution in [0.1, 0.15) is 30.5 Å². The molecule has 140 valence electrons. The van der Waals surface area contributed by atoms with Crippen LogP contribution in [-0.4, -0.2) is 48.7 Å². The summed E-state index contributed by atoms with van der Waals surface area (Å²) >= 11 is 0. The molecular weight excluding hydrogens is 334 g/mol. The highest BCUT2D eigenvalue weighted by Crippen LogP contribution is 2.26. The number of esters is 1. The molecule has 1 aliphatic rings. The highest BCUT2D eigenvalue weighted by molar-refractivity contribution is 5.89. The van der Waals surface area contributed by atoms with Crippen molar-refractivity contribution in [2.24, 2.45) is 0 Å². The Kier molecular flexibility index (Phi) is 5.32. The average Bonchev–Trinajstić information content (AvgIpc) is 2.98. The van der Waals surface area contributed by atoms with Gasteiger partial charge in [-0.3, -0.25) is 9.59 Å². The number of nitrogens with zero attached hydrogens (tertiary/aromatic N) is 1. The molecule has 6 nitrogen and oxygen atoms in total. The molecule has 3 rings (SSSR count). The van der Waals surface area contributed by atoms with Crippen LogP contribution in [0.3, 0.4) is 0 Å². The van der Waals surface area contributed by atoms with E-state index in [4.69, 9.17) is 13.9 Å². The van der Waals surface area contributed by atoms with Crippen LogP contribution in [0.25, 0.3) is 11.0 Å². The molecule has 6 heteroatoms. The Morgan fingerprint density at radius 2 is 1.88 bits per heavy atom. The number of morpholine rings is 1. The smallest absolute Gasteiger partial charge is 0.310 e. The molecule has 1 aromatic carbocycles. The third-order valence-electron chi connectivity index (χ3n) is 4.81. The molecule has 1 aromatic heterocycles. The van der Waals surface area contributed by atoms with Crippen molar-refractivity contribution >= 4 is 22.8 Å². The van der Waals surface area contributed by atoms with Crippen molar-refractivity contribution in [2.75, 3.05) is 19.7 Å². The Labute approximate surface area is 153 Å². The zero-order chi connectivity index (χ0) is 18.8. The summed E-state index contributed by atoms with van der Waals surface area (Å²) in [6.45, 7) is 8.66. The predicted octanol–water partition coefficient (Wildman–Crippen LogP) is 2.77. The van der Waals surface area contributed by atoms with Crippen LogP contribution in [0, 0.1) is 13.8 Å². The van der Waals surface area contributed by atoms with Crippen LogP contribution >= 0.6 is 0 Å². The summed E-state index contributed by atoms with van der Waals surface area (Å²) in [5, 5.41) is 0.909. The number of hydrogen-bond donors (Lipinski definition) is 0. The quantitative estimate of drug-likeness (QED) is 0.785. The molecule has 2 aromatic rings. The molecule has 2 heterocycles. The van der Waals surface area contributed by atoms with Gasteiger partial charge in [-0.25, -0.2) is 0 Å². The Balaban J connectivity index is 1.58. The zero-order valence-electron chi connectivity index (χ0n) is 15.7. The van der Waals surface area contributed by atoms with E-state index in [1.54, 1.807) is 11.2 Å². The van der Waals surface area contributed by atoms with Gasteiger partial charge in [0.25, 0.3) is 5.91 Å². The number of furan rings is 1. The van der Waals surface area contributed by atoms with Crippen LogP contribution in [0.5, 0.6) is 0 Å². The molecule has 1 saturated heterocycles. The lowest BCUT2D eigenvalue weighted by Crippen LogP contribution is -2.49. The first-order valence-electron chi connectivity index (χ1n) is 8.90. The number of aryl methyl sites for hydroxylation is 2. The topological polar surface area (TPSA) is 69.0 Å². The minimum atomic E-state index is -0.436. The van der Waals surface area contributed by atoms with Gasteiger partial charge in [-0.15, -0.1) is 0 Å². The summed E-state index contributed by atoms with van der Waals surface area (Å²) in [6.07, 6.45) is 1.65. The van der Waals surface area contributed by atoms with E-state index in [0.29, 0.717) is 13.1 Å². The van der Waals surface area contributed by atoms with Gasteiger partial charge < -0.3 is 18.8 Å². The first-order chi connectivity index (χ1) is 12.3. The molecule has 0 radical (unpaired) electrons. The second-order valence-electron chi connectivity index (χ2n) is 7.04. The van der Waals surface area contributed by atoms with E-state index < -0.39 is 5.97 Å². The standard InChI is InChI=1S/C20H25NO5/c1-12-5-6-17-16(10-25-20(17)15(12)4)7-19(23)24-11-18(22)21-8-13(2)26-14(3)9-21/h5-6,10,13-14H,7-9,11H2,1-4H3/t13-,14-/m1/s1. The van der Waals surface area contributed by atoms with Crippen molar-refractivity contribution in [2.45, 2.75) is 46.3 Å². The maximum atomic E-state index is 12.3. The Hall–Kier alpha value is -2.34. The summed E-state index contributed by atoms with van der Waals surface area (Å²) in [5.41, 5.74) is 3.77. The number of rotatable bonds is 4. The van der Waals surface area contributed by atoms with E-state index in [0.717, 1.165) is 27.7 Å². The van der Waals surface area contributed by atoms with E-state index in [-0.39, 0.29) is 31.1 Å². The lowest BCUT2D eigenvalue weighted by atomic mass is 10.0. The third kappa shape index (κ3) is 3.90. The van der Waals surface area contributed by atoms with E-state index in [2.05, 4.69) is 0 Å². The van der Waals surface area contributed by atoms with Crippen LogP contribution in [0.2, 0.25) is 0 Å². The van der Waals surface area contributed by atoms with Gasteiger partial charge in [0.2, 0.25) is 0 Å². The minimum Gasteiger partial charge on any atom is -0.464 e. The van der Waals surface area contributed by atoms with Crippen LogP contribution in [0.4, 0.5) is 0 Å². The second kappa shape index (κ2) is 7.50. The zero-order valence-corrected chi connectivity index (χ0v) is 15.7. The van der Waals surface area contributed by atoms with Crippen LogP contribution < -0.4 is 0 Å². The molecule has 1 aliphatic heterocycles. The largest absolute Gasteiger partial charge is 0.464 e. The number of benzene rings is 1. The molecule has 1 amide bonds. The first-order valence-corrected chi connectivity index (χ1v) is 8.90. The number of ether oxygens (including phenoxy) is 2. The summed E-state index contributed by atoms with van der Waals surface area (Å²) in [7, 11) is 0. The SMILES string of the molecule is Cc1ccc2c(CC(=O)OCC(=O)N3C[C@@H](C)O[C@H](C)C3)coc2c1C. The molecule has 0 bridgehead atoms. The van der Waals surface area contributed by atoms with Crippen LogP contribution in [0.15, 0.2) is 22.8 Å². The fraction of sp³-hybridized carbons (Fsp3) is 0.500. The monoisotopic (exact) mass is 359 g/mol. The van der Waals surface area contributed by atoms with E-state index in [1.165, 1.54) is 0 Å². The Morgan fingerprint density at radius 1 is 1.19 bits per heavy atom. The molecular formula is C20H25NO5. The van der Waals surface area contributed by atoms with E-state index >= 15 is 0 Å². The number of amides is 1. The number of fused-ring (bicyclic) bond motifs is 1. The van der Waals surface area contributed by atoms with Crippen molar-refractivity contribution in [1.29, 1.82) is 0 Å². The third-order valence-corrected chi connectivity index (χ3v) is 4.81. The molecule has 0 unspecified atom stereocenters. The highest BCUT2D eigenvalue weighted by atomic mass is 16.5. The molecule has 2 atom stereocenters. The molecule has 0 spiro atoms. The molecule has 0 N–H and O–H groups in total. The average molecular weight is 359 g/mol. The molecule has 1 fully saturated rings. The Morgan fingerprint density at radius 3 is 2.58 bits per heavy atom. The Bertz CT molecular complexity index is 815. The maximum Gasteiger partial charge on any atom is 0.310 e. The summed E-state index contributed by atoms with van der Waals surface area (Å²) in [4.78, 5) is 26.1. The summed E-state index contributed by atoms with van der Waals surface area (Å²) in [6, 6.07) is 3.96. The van der Waals surface area contributed by atoms with Gasteiger partial charge in [0.05, 0.1) is 24.9 Å². The number of carbonyl (C=O) groups excluding carboxylic acids is 2. The summed E-state index contributed by atoms with van der Waals surface area (Å²) in [5.74, 6) is -0.627. The van der Waals surface area contributed by atoms with Gasteiger partial charge in [0.15, 0.2) is 6.61 Å². The maximum absolute atomic E-state index is 12.3. The number of carbonyl (C=O) groups is 2.